The minimum Gasteiger partial charge on any atom is -0.480 e. The molecule has 1 aliphatic carbocycles. The van der Waals surface area contributed by atoms with Crippen LogP contribution in [0.15, 0.2) is 48.5 Å². The molecule has 2 unspecified atom stereocenters. The van der Waals surface area contributed by atoms with Gasteiger partial charge in [0.05, 0.1) is 0 Å². The van der Waals surface area contributed by atoms with E-state index in [1.165, 1.54) is 12.1 Å². The highest BCUT2D eigenvalue weighted by atomic mass is 19.1. The first-order valence-corrected chi connectivity index (χ1v) is 11.3. The summed E-state index contributed by atoms with van der Waals surface area (Å²) in [7, 11) is 0. The van der Waals surface area contributed by atoms with Gasteiger partial charge in [-0.1, -0.05) is 37.3 Å². The van der Waals surface area contributed by atoms with Crippen molar-refractivity contribution in [2.24, 2.45) is 0 Å². The SMILES string of the molecule is CCC(C(=O)O)n1c2c(c3cc(F)ccc31)CC(NC(=O)CCC(=O)c1ccccc1)CC2. The lowest BCUT2D eigenvalue weighted by molar-refractivity contribution is -0.141. The zero-order valence-electron chi connectivity index (χ0n) is 18.5. The largest absolute Gasteiger partial charge is 0.480 e. The number of aliphatic carboxylic acids is 1. The number of carboxylic acids is 1. The number of hydrogen-bond donors (Lipinski definition) is 2. The van der Waals surface area contributed by atoms with Crippen LogP contribution in [0.25, 0.3) is 10.9 Å². The van der Waals surface area contributed by atoms with Crippen molar-refractivity contribution < 1.29 is 23.9 Å². The van der Waals surface area contributed by atoms with Crippen molar-refractivity contribution in [3.05, 3.63) is 71.2 Å². The number of amides is 1. The lowest BCUT2D eigenvalue weighted by Crippen LogP contribution is -2.39. The smallest absolute Gasteiger partial charge is 0.326 e. The van der Waals surface area contributed by atoms with Gasteiger partial charge < -0.3 is 15.0 Å². The minimum absolute atomic E-state index is 0.0745. The summed E-state index contributed by atoms with van der Waals surface area (Å²) >= 11 is 0. The molecule has 0 saturated carbocycles. The first kappa shape index (κ1) is 22.7. The molecule has 6 nitrogen and oxygen atoms in total. The van der Waals surface area contributed by atoms with Gasteiger partial charge in [-0.2, -0.15) is 0 Å². The lowest BCUT2D eigenvalue weighted by Gasteiger charge is -2.26. The first-order valence-electron chi connectivity index (χ1n) is 11.3. The monoisotopic (exact) mass is 450 g/mol. The van der Waals surface area contributed by atoms with Crippen molar-refractivity contribution in [1.82, 2.24) is 9.88 Å². The van der Waals surface area contributed by atoms with E-state index in [4.69, 9.17) is 0 Å². The highest BCUT2D eigenvalue weighted by Gasteiger charge is 2.31. The predicted octanol–water partition coefficient (Wildman–Crippen LogP) is 4.45. The van der Waals surface area contributed by atoms with Crippen molar-refractivity contribution in [3.63, 3.8) is 0 Å². The highest BCUT2D eigenvalue weighted by molar-refractivity contribution is 5.98. The zero-order valence-corrected chi connectivity index (χ0v) is 18.5. The van der Waals surface area contributed by atoms with E-state index in [-0.39, 0.29) is 36.4 Å². The number of carbonyl (C=O) groups excluding carboxylic acids is 2. The second-order valence-corrected chi connectivity index (χ2v) is 8.52. The number of carboxylic acid groups (broad SMARTS) is 1. The second kappa shape index (κ2) is 9.57. The number of benzene rings is 2. The van der Waals surface area contributed by atoms with Crippen LogP contribution in [0.3, 0.4) is 0 Å². The number of Topliss-reactive ketones (excluding diaryl/α,β-unsaturated/α-hetero) is 1. The van der Waals surface area contributed by atoms with Gasteiger partial charge in [0.2, 0.25) is 5.91 Å². The molecule has 2 atom stereocenters. The zero-order chi connectivity index (χ0) is 23.5. The van der Waals surface area contributed by atoms with Crippen LogP contribution < -0.4 is 5.32 Å². The molecule has 2 aromatic carbocycles. The maximum atomic E-state index is 14.1. The number of halogens is 1. The number of rotatable bonds is 8. The maximum absolute atomic E-state index is 14.1. The molecule has 7 heteroatoms. The van der Waals surface area contributed by atoms with E-state index in [0.717, 1.165) is 11.3 Å². The third-order valence-electron chi connectivity index (χ3n) is 6.39. The Labute approximate surface area is 191 Å². The molecule has 0 saturated heterocycles. The average molecular weight is 451 g/mol. The van der Waals surface area contributed by atoms with Gasteiger partial charge in [0.1, 0.15) is 11.9 Å². The normalized spacial score (nSPS) is 16.2. The predicted molar refractivity (Wildman–Crippen MR) is 123 cm³/mol. The fourth-order valence-electron chi connectivity index (χ4n) is 4.81. The number of aromatic nitrogens is 1. The molecule has 1 heterocycles. The summed E-state index contributed by atoms with van der Waals surface area (Å²) in [6, 6.07) is 12.4. The van der Waals surface area contributed by atoms with E-state index in [0.29, 0.717) is 42.1 Å². The fraction of sp³-hybridized carbons (Fsp3) is 0.346. The van der Waals surface area contributed by atoms with Crippen LogP contribution in [0.4, 0.5) is 4.39 Å². The standard InChI is InChI=1S/C26H27FN2O4/c1-2-21(26(32)33)29-22-10-8-17(27)14-19(22)20-15-18(9-11-23(20)29)28-25(31)13-12-24(30)16-6-4-3-5-7-16/h3-8,10,14,18,21H,2,9,11-13,15H2,1H3,(H,28,31)(H,32,33). The quantitative estimate of drug-likeness (QED) is 0.496. The van der Waals surface area contributed by atoms with Crippen LogP contribution in [0.5, 0.6) is 0 Å². The van der Waals surface area contributed by atoms with Gasteiger partial charge in [-0.25, -0.2) is 9.18 Å². The molecule has 3 aromatic rings. The Kier molecular flexibility index (Phi) is 6.58. The van der Waals surface area contributed by atoms with E-state index < -0.39 is 12.0 Å². The number of nitrogens with zero attached hydrogens (tertiary/aromatic N) is 1. The lowest BCUT2D eigenvalue weighted by atomic mass is 9.91. The molecule has 4 rings (SSSR count). The molecular weight excluding hydrogens is 423 g/mol. The van der Waals surface area contributed by atoms with Crippen LogP contribution in [0.2, 0.25) is 0 Å². The van der Waals surface area contributed by atoms with Gasteiger partial charge in [-0.3, -0.25) is 9.59 Å². The molecule has 172 valence electrons. The molecule has 0 aliphatic heterocycles. The van der Waals surface area contributed by atoms with Crippen molar-refractivity contribution in [3.8, 4) is 0 Å². The summed E-state index contributed by atoms with van der Waals surface area (Å²) in [6.45, 7) is 1.82. The number of ketones is 1. The molecule has 1 aliphatic rings. The van der Waals surface area contributed by atoms with Crippen LogP contribution in [-0.2, 0) is 22.4 Å². The van der Waals surface area contributed by atoms with Gasteiger partial charge in [0, 0.05) is 41.0 Å². The fourth-order valence-corrected chi connectivity index (χ4v) is 4.81. The third kappa shape index (κ3) is 4.67. The number of fused-ring (bicyclic) bond motifs is 3. The molecule has 2 N–H and O–H groups in total. The molecule has 0 bridgehead atoms. The van der Waals surface area contributed by atoms with Gasteiger partial charge in [-0.05, 0) is 49.4 Å². The summed E-state index contributed by atoms with van der Waals surface area (Å²) in [5.41, 5.74) is 3.08. The van der Waals surface area contributed by atoms with Gasteiger partial charge in [0.15, 0.2) is 5.78 Å². The Morgan fingerprint density at radius 2 is 1.91 bits per heavy atom. The summed E-state index contributed by atoms with van der Waals surface area (Å²) in [6.07, 6.45) is 2.39. The summed E-state index contributed by atoms with van der Waals surface area (Å²) < 4.78 is 15.9. The van der Waals surface area contributed by atoms with Crippen molar-refractivity contribution in [2.45, 2.75) is 57.5 Å². The van der Waals surface area contributed by atoms with Crippen LogP contribution in [0.1, 0.15) is 60.3 Å². The van der Waals surface area contributed by atoms with Crippen LogP contribution in [0, 0.1) is 5.82 Å². The van der Waals surface area contributed by atoms with Gasteiger partial charge in [0.25, 0.3) is 0 Å². The Balaban J connectivity index is 1.50. The Morgan fingerprint density at radius 3 is 2.61 bits per heavy atom. The summed E-state index contributed by atoms with van der Waals surface area (Å²) in [5, 5.41) is 13.4. The van der Waals surface area contributed by atoms with E-state index in [2.05, 4.69) is 5.32 Å². The van der Waals surface area contributed by atoms with Gasteiger partial charge in [-0.15, -0.1) is 0 Å². The topological polar surface area (TPSA) is 88.4 Å². The highest BCUT2D eigenvalue weighted by Crippen LogP contribution is 2.36. The van der Waals surface area contributed by atoms with Crippen molar-refractivity contribution in [2.75, 3.05) is 0 Å². The Bertz CT molecular complexity index is 1200. The number of nitrogens with one attached hydrogen (secondary N) is 1. The molecular formula is C26H27FN2O4. The summed E-state index contributed by atoms with van der Waals surface area (Å²) in [5.74, 6) is -1.56. The minimum atomic E-state index is -0.917. The summed E-state index contributed by atoms with van der Waals surface area (Å²) in [4.78, 5) is 36.7. The number of carbonyl (C=O) groups is 3. The maximum Gasteiger partial charge on any atom is 0.326 e. The van der Waals surface area contributed by atoms with E-state index in [9.17, 15) is 23.9 Å². The Hall–Kier alpha value is -3.48. The molecule has 0 radical (unpaired) electrons. The average Bonchev–Trinajstić information content (AvgIpc) is 3.11. The van der Waals surface area contributed by atoms with Crippen molar-refractivity contribution in [1.29, 1.82) is 0 Å². The molecule has 0 fully saturated rings. The molecule has 1 amide bonds. The number of hydrogen-bond acceptors (Lipinski definition) is 3. The van der Waals surface area contributed by atoms with Crippen LogP contribution >= 0.6 is 0 Å². The first-order chi connectivity index (χ1) is 15.9. The van der Waals surface area contributed by atoms with Crippen LogP contribution in [-0.4, -0.2) is 33.4 Å². The second-order valence-electron chi connectivity index (χ2n) is 8.52. The Morgan fingerprint density at radius 1 is 1.15 bits per heavy atom. The molecule has 33 heavy (non-hydrogen) atoms. The molecule has 1 aromatic heterocycles. The van der Waals surface area contributed by atoms with Crippen molar-refractivity contribution >= 4 is 28.6 Å². The van der Waals surface area contributed by atoms with E-state index in [1.807, 2.05) is 17.6 Å². The van der Waals surface area contributed by atoms with E-state index >= 15 is 0 Å². The third-order valence-corrected chi connectivity index (χ3v) is 6.39. The van der Waals surface area contributed by atoms with E-state index in [1.54, 1.807) is 30.3 Å². The van der Waals surface area contributed by atoms with Gasteiger partial charge >= 0.3 is 5.97 Å². The molecule has 0 spiro atoms.